The SMILES string of the molecule is CCCCCCCCCCCCN(C)CCCC(=O)OCc1cccc(-c2cccc(COC(=O)CCCN(C)CCCCCCCCCCCC)c2)c1. The average molecular weight is 749 g/mol. The van der Waals surface area contributed by atoms with Gasteiger partial charge in [0.15, 0.2) is 0 Å². The highest BCUT2D eigenvalue weighted by Gasteiger charge is 2.09. The fraction of sp³-hybridized carbons (Fsp3) is 0.708. The van der Waals surface area contributed by atoms with E-state index in [9.17, 15) is 9.59 Å². The van der Waals surface area contributed by atoms with Crippen LogP contribution < -0.4 is 0 Å². The van der Waals surface area contributed by atoms with Gasteiger partial charge in [0, 0.05) is 12.8 Å². The lowest BCUT2D eigenvalue weighted by Gasteiger charge is -2.16. The summed E-state index contributed by atoms with van der Waals surface area (Å²) < 4.78 is 11.3. The van der Waals surface area contributed by atoms with Crippen LogP contribution in [-0.2, 0) is 32.3 Å². The molecule has 0 aliphatic heterocycles. The van der Waals surface area contributed by atoms with E-state index < -0.39 is 0 Å². The Morgan fingerprint density at radius 1 is 0.444 bits per heavy atom. The lowest BCUT2D eigenvalue weighted by atomic mass is 10.0. The van der Waals surface area contributed by atoms with Crippen molar-refractivity contribution >= 4 is 11.9 Å². The highest BCUT2D eigenvalue weighted by Crippen LogP contribution is 2.23. The van der Waals surface area contributed by atoms with E-state index in [1.54, 1.807) is 0 Å². The van der Waals surface area contributed by atoms with Gasteiger partial charge in [-0.15, -0.1) is 0 Å². The largest absolute Gasteiger partial charge is 0.461 e. The molecule has 0 aliphatic carbocycles. The van der Waals surface area contributed by atoms with Crippen LogP contribution >= 0.6 is 0 Å². The van der Waals surface area contributed by atoms with Gasteiger partial charge in [0.05, 0.1) is 0 Å². The molecule has 0 N–H and O–H groups in total. The molecule has 0 bridgehead atoms. The average Bonchev–Trinajstić information content (AvgIpc) is 3.18. The summed E-state index contributed by atoms with van der Waals surface area (Å²) in [6, 6.07) is 16.3. The van der Waals surface area contributed by atoms with Gasteiger partial charge in [0.25, 0.3) is 0 Å². The Bertz CT molecular complexity index is 1120. The molecule has 54 heavy (non-hydrogen) atoms. The summed E-state index contributed by atoms with van der Waals surface area (Å²) in [5.41, 5.74) is 4.04. The van der Waals surface area contributed by atoms with Crippen LogP contribution in [0.4, 0.5) is 0 Å². The summed E-state index contributed by atoms with van der Waals surface area (Å²) in [6.07, 6.45) is 29.6. The number of ether oxygens (including phenoxy) is 2. The van der Waals surface area contributed by atoms with E-state index in [4.69, 9.17) is 9.47 Å². The van der Waals surface area contributed by atoms with E-state index in [0.29, 0.717) is 12.8 Å². The second-order valence-electron chi connectivity index (χ2n) is 15.9. The van der Waals surface area contributed by atoms with E-state index in [2.05, 4.69) is 62.0 Å². The molecule has 0 aromatic heterocycles. The molecule has 0 saturated carbocycles. The summed E-state index contributed by atoms with van der Waals surface area (Å²) in [5.74, 6) is -0.283. The van der Waals surface area contributed by atoms with Gasteiger partial charge in [-0.2, -0.15) is 0 Å². The van der Waals surface area contributed by atoms with Crippen LogP contribution in [0.3, 0.4) is 0 Å². The molecule has 2 aromatic carbocycles. The molecule has 0 amide bonds. The zero-order chi connectivity index (χ0) is 38.9. The minimum absolute atomic E-state index is 0.141. The van der Waals surface area contributed by atoms with Crippen molar-refractivity contribution in [2.75, 3.05) is 40.3 Å². The van der Waals surface area contributed by atoms with Gasteiger partial charge < -0.3 is 19.3 Å². The van der Waals surface area contributed by atoms with Crippen molar-refractivity contribution in [1.29, 1.82) is 0 Å². The molecule has 0 unspecified atom stereocenters. The highest BCUT2D eigenvalue weighted by atomic mass is 16.5. The Balaban J connectivity index is 1.56. The quantitative estimate of drug-likeness (QED) is 0.0517. The molecule has 2 rings (SSSR count). The number of rotatable bonds is 35. The number of nitrogens with zero attached hydrogens (tertiary/aromatic N) is 2. The minimum Gasteiger partial charge on any atom is -0.461 e. The number of hydrogen-bond acceptors (Lipinski definition) is 6. The maximum absolute atomic E-state index is 12.5. The molecule has 0 radical (unpaired) electrons. The van der Waals surface area contributed by atoms with Gasteiger partial charge in [-0.25, -0.2) is 0 Å². The van der Waals surface area contributed by atoms with Crippen LogP contribution in [-0.4, -0.2) is 62.0 Å². The van der Waals surface area contributed by atoms with Crippen molar-refractivity contribution in [3.8, 4) is 11.1 Å². The number of esters is 2. The van der Waals surface area contributed by atoms with E-state index in [1.165, 1.54) is 128 Å². The third kappa shape index (κ3) is 25.4. The molecular weight excluding hydrogens is 669 g/mol. The van der Waals surface area contributed by atoms with Crippen LogP contribution in [0.2, 0.25) is 0 Å². The fourth-order valence-electron chi connectivity index (χ4n) is 7.10. The van der Waals surface area contributed by atoms with E-state index >= 15 is 0 Å². The first-order chi connectivity index (χ1) is 26.4. The van der Waals surface area contributed by atoms with Gasteiger partial charge in [-0.05, 0) is 100 Å². The van der Waals surface area contributed by atoms with Crippen LogP contribution in [0.15, 0.2) is 48.5 Å². The molecule has 0 atom stereocenters. The number of benzene rings is 2. The number of carbonyl (C=O) groups is 2. The second kappa shape index (κ2) is 32.5. The molecule has 0 spiro atoms. The van der Waals surface area contributed by atoms with Gasteiger partial charge in [-0.3, -0.25) is 9.59 Å². The fourth-order valence-corrected chi connectivity index (χ4v) is 7.10. The molecular formula is C48H80N2O4. The summed E-state index contributed by atoms with van der Waals surface area (Å²) in [7, 11) is 4.31. The normalized spacial score (nSPS) is 11.4. The summed E-state index contributed by atoms with van der Waals surface area (Å²) in [4.78, 5) is 29.7. The molecule has 0 fully saturated rings. The summed E-state index contributed by atoms with van der Waals surface area (Å²) >= 11 is 0. The van der Waals surface area contributed by atoms with Gasteiger partial charge >= 0.3 is 11.9 Å². The molecule has 0 heterocycles. The standard InChI is InChI=1S/C48H80N2O4/c1-5-7-9-11-13-15-17-19-21-23-35-49(3)37-27-33-47(51)53-41-43-29-25-31-45(39-43)46-32-26-30-44(40-46)42-54-48(52)34-28-38-50(4)36-24-22-20-18-16-14-12-10-8-6-2/h25-26,29-32,39-40H,5-24,27-28,33-38,41-42H2,1-4H3. The molecule has 306 valence electrons. The highest BCUT2D eigenvalue weighted by molar-refractivity contribution is 5.70. The Morgan fingerprint density at radius 2 is 0.759 bits per heavy atom. The lowest BCUT2D eigenvalue weighted by molar-refractivity contribution is -0.146. The van der Waals surface area contributed by atoms with Crippen molar-refractivity contribution in [1.82, 2.24) is 9.80 Å². The zero-order valence-corrected chi connectivity index (χ0v) is 35.4. The smallest absolute Gasteiger partial charge is 0.306 e. The number of unbranched alkanes of at least 4 members (excludes halogenated alkanes) is 18. The van der Waals surface area contributed by atoms with Crippen molar-refractivity contribution in [3.63, 3.8) is 0 Å². The van der Waals surface area contributed by atoms with Crippen LogP contribution in [0.25, 0.3) is 11.1 Å². The molecule has 6 heteroatoms. The summed E-state index contributed by atoms with van der Waals surface area (Å²) in [5, 5.41) is 0. The third-order valence-corrected chi connectivity index (χ3v) is 10.6. The van der Waals surface area contributed by atoms with Crippen molar-refractivity contribution in [3.05, 3.63) is 59.7 Å². The van der Waals surface area contributed by atoms with Crippen molar-refractivity contribution < 1.29 is 19.1 Å². The van der Waals surface area contributed by atoms with Crippen LogP contribution in [0, 0.1) is 0 Å². The van der Waals surface area contributed by atoms with E-state index in [-0.39, 0.29) is 25.2 Å². The minimum atomic E-state index is -0.141. The monoisotopic (exact) mass is 749 g/mol. The van der Waals surface area contributed by atoms with Gasteiger partial charge in [0.1, 0.15) is 13.2 Å². The van der Waals surface area contributed by atoms with Crippen LogP contribution in [0.1, 0.15) is 179 Å². The number of hydrogen-bond donors (Lipinski definition) is 0. The van der Waals surface area contributed by atoms with E-state index in [1.807, 2.05) is 24.3 Å². The van der Waals surface area contributed by atoms with Gasteiger partial charge in [-0.1, -0.05) is 166 Å². The Morgan fingerprint density at radius 3 is 1.11 bits per heavy atom. The molecule has 6 nitrogen and oxygen atoms in total. The van der Waals surface area contributed by atoms with E-state index in [0.717, 1.165) is 61.3 Å². The second-order valence-corrected chi connectivity index (χ2v) is 15.9. The molecule has 0 aliphatic rings. The lowest BCUT2D eigenvalue weighted by Crippen LogP contribution is -2.21. The number of carbonyl (C=O) groups excluding carboxylic acids is 2. The van der Waals surface area contributed by atoms with Crippen molar-refractivity contribution in [2.45, 2.75) is 181 Å². The predicted octanol–water partition coefficient (Wildman–Crippen LogP) is 12.7. The maximum Gasteiger partial charge on any atom is 0.306 e. The Kier molecular flexibility index (Phi) is 28.6. The first kappa shape index (κ1) is 47.5. The van der Waals surface area contributed by atoms with Gasteiger partial charge in [0.2, 0.25) is 0 Å². The Labute approximate surface area is 332 Å². The zero-order valence-electron chi connectivity index (χ0n) is 35.4. The third-order valence-electron chi connectivity index (χ3n) is 10.6. The molecule has 0 saturated heterocycles. The predicted molar refractivity (Wildman–Crippen MR) is 229 cm³/mol. The summed E-state index contributed by atoms with van der Waals surface area (Å²) in [6.45, 7) is 9.12. The first-order valence-corrected chi connectivity index (χ1v) is 22.3. The van der Waals surface area contributed by atoms with Crippen LogP contribution in [0.5, 0.6) is 0 Å². The van der Waals surface area contributed by atoms with Crippen molar-refractivity contribution in [2.24, 2.45) is 0 Å². The Hall–Kier alpha value is -2.70. The first-order valence-electron chi connectivity index (χ1n) is 22.3. The molecule has 2 aromatic rings. The maximum atomic E-state index is 12.5. The topological polar surface area (TPSA) is 59.1 Å².